The van der Waals surface area contributed by atoms with Crippen LogP contribution in [0.1, 0.15) is 0 Å². The van der Waals surface area contributed by atoms with Crippen LogP contribution in [0.15, 0.2) is 0 Å². The van der Waals surface area contributed by atoms with E-state index in [1.165, 1.54) is 0 Å². The lowest BCUT2D eigenvalue weighted by Gasteiger charge is -2.00. The summed E-state index contributed by atoms with van der Waals surface area (Å²) in [6, 6.07) is 0.0981. The topological polar surface area (TPSA) is 9.23 Å². The molecule has 0 spiro atoms. The average molecular weight is 163 g/mol. The molecule has 4 heteroatoms. The molecule has 0 rings (SSSR count). The summed E-state index contributed by atoms with van der Waals surface area (Å²) in [4.78, 5) is 0. The maximum Gasteiger partial charge on any atom is 0.146 e. The summed E-state index contributed by atoms with van der Waals surface area (Å²) in [6.07, 6.45) is 0. The van der Waals surface area contributed by atoms with Crippen LogP contribution in [0.25, 0.3) is 0 Å². The second-order valence-electron chi connectivity index (χ2n) is 0.840. The van der Waals surface area contributed by atoms with Gasteiger partial charge in [0.25, 0.3) is 0 Å². The van der Waals surface area contributed by atoms with Crippen molar-refractivity contribution in [3.63, 3.8) is 0 Å². The Labute approximate surface area is 57.5 Å². The molecule has 0 aromatic rings. The summed E-state index contributed by atoms with van der Waals surface area (Å²) in [5, 5.41) is 0. The minimum Gasteiger partial charge on any atom is -0.346 e. The van der Waals surface area contributed by atoms with Crippen LogP contribution in [0, 0.1) is 0 Å². The summed E-state index contributed by atoms with van der Waals surface area (Å²) < 4.78 is 4.59. The molecule has 0 saturated carbocycles. The van der Waals surface area contributed by atoms with E-state index in [2.05, 4.69) is 4.74 Å². The van der Waals surface area contributed by atoms with Crippen molar-refractivity contribution in [3.05, 3.63) is 0 Å². The molecule has 0 fully saturated rings. The second kappa shape index (κ2) is 4.98. The maximum atomic E-state index is 5.33. The number of hydrogen-bond donors (Lipinski definition) is 0. The normalized spacial score (nSPS) is 14.1. The third-order valence-electron chi connectivity index (χ3n) is 0.365. The molecule has 0 radical (unpaired) electrons. The molecular formula is C3H5Cl3O. The maximum absolute atomic E-state index is 5.33. The number of alkyl halides is 3. The molecule has 0 aliphatic rings. The molecule has 0 aromatic carbocycles. The third-order valence-corrected chi connectivity index (χ3v) is 1.21. The lowest BCUT2D eigenvalue weighted by Crippen LogP contribution is -2.03. The first-order valence-corrected chi connectivity index (χ1v) is 3.19. The molecule has 7 heavy (non-hydrogen) atoms. The number of halogens is 3. The Morgan fingerprint density at radius 2 is 2.00 bits per heavy atom. The van der Waals surface area contributed by atoms with Gasteiger partial charge in [-0.15, -0.1) is 11.6 Å². The van der Waals surface area contributed by atoms with Crippen LogP contribution < -0.4 is 0 Å². The molecule has 1 unspecified atom stereocenters. The highest BCUT2D eigenvalue weighted by molar-refractivity contribution is 6.27. The zero-order valence-corrected chi connectivity index (χ0v) is 5.80. The molecule has 44 valence electrons. The highest BCUT2D eigenvalue weighted by Crippen LogP contribution is 2.00. The predicted octanol–water partition coefficient (Wildman–Crippen LogP) is 2.00. The standard InChI is InChI=1S/C3H5Cl3O/c4-1-3(6)7-2-5/h3H,1-2H2. The minimum atomic E-state index is -0.445. The van der Waals surface area contributed by atoms with Crippen LogP contribution in [-0.4, -0.2) is 17.5 Å². The Bertz CT molecular complexity index is 41.2. The highest BCUT2D eigenvalue weighted by atomic mass is 35.5. The van der Waals surface area contributed by atoms with Gasteiger partial charge in [-0.1, -0.05) is 23.2 Å². The van der Waals surface area contributed by atoms with Crippen LogP contribution >= 0.6 is 34.8 Å². The summed E-state index contributed by atoms with van der Waals surface area (Å²) in [7, 11) is 0. The van der Waals surface area contributed by atoms with Crippen LogP contribution in [0.5, 0.6) is 0 Å². The van der Waals surface area contributed by atoms with E-state index in [0.717, 1.165) is 0 Å². The monoisotopic (exact) mass is 162 g/mol. The molecule has 0 aliphatic heterocycles. The smallest absolute Gasteiger partial charge is 0.146 e. The van der Waals surface area contributed by atoms with Crippen molar-refractivity contribution >= 4 is 34.8 Å². The van der Waals surface area contributed by atoms with Gasteiger partial charge in [0.2, 0.25) is 0 Å². The van der Waals surface area contributed by atoms with Gasteiger partial charge < -0.3 is 4.74 Å². The number of ether oxygens (including phenoxy) is 1. The van der Waals surface area contributed by atoms with Crippen LogP contribution in [0.2, 0.25) is 0 Å². The van der Waals surface area contributed by atoms with Crippen LogP contribution in [0.4, 0.5) is 0 Å². The zero-order valence-electron chi connectivity index (χ0n) is 3.53. The van der Waals surface area contributed by atoms with Crippen molar-refractivity contribution in [3.8, 4) is 0 Å². The first-order chi connectivity index (χ1) is 3.31. The Morgan fingerprint density at radius 3 is 2.14 bits per heavy atom. The molecule has 0 bridgehead atoms. The van der Waals surface area contributed by atoms with E-state index < -0.39 is 5.56 Å². The van der Waals surface area contributed by atoms with Gasteiger partial charge in [-0.2, -0.15) is 0 Å². The van der Waals surface area contributed by atoms with Crippen molar-refractivity contribution in [2.24, 2.45) is 0 Å². The van der Waals surface area contributed by atoms with E-state index in [-0.39, 0.29) is 11.9 Å². The Balaban J connectivity index is 2.83. The van der Waals surface area contributed by atoms with E-state index in [4.69, 9.17) is 34.8 Å². The Morgan fingerprint density at radius 1 is 1.43 bits per heavy atom. The van der Waals surface area contributed by atoms with Gasteiger partial charge >= 0.3 is 0 Å². The lowest BCUT2D eigenvalue weighted by atomic mass is 10.8. The molecule has 0 heterocycles. The van der Waals surface area contributed by atoms with Crippen molar-refractivity contribution in [2.75, 3.05) is 11.9 Å². The fourth-order valence-corrected chi connectivity index (χ4v) is 0.482. The van der Waals surface area contributed by atoms with Crippen molar-refractivity contribution in [1.29, 1.82) is 0 Å². The molecule has 1 atom stereocenters. The fraction of sp³-hybridized carbons (Fsp3) is 1.00. The SMILES string of the molecule is ClCOC(Cl)CCl. The Kier molecular flexibility index (Phi) is 5.57. The minimum absolute atomic E-state index is 0.0981. The first-order valence-electron chi connectivity index (χ1n) is 1.69. The predicted molar refractivity (Wildman–Crippen MR) is 32.2 cm³/mol. The third kappa shape index (κ3) is 4.69. The molecular weight excluding hydrogens is 158 g/mol. The van der Waals surface area contributed by atoms with E-state index in [1.807, 2.05) is 0 Å². The van der Waals surface area contributed by atoms with Crippen LogP contribution in [-0.2, 0) is 4.74 Å². The van der Waals surface area contributed by atoms with E-state index >= 15 is 0 Å². The van der Waals surface area contributed by atoms with Gasteiger partial charge in [0.15, 0.2) is 0 Å². The van der Waals surface area contributed by atoms with Gasteiger partial charge in [0, 0.05) is 0 Å². The molecule has 0 amide bonds. The fourth-order valence-electron chi connectivity index (χ4n) is 0.113. The molecule has 1 nitrogen and oxygen atoms in total. The summed E-state index contributed by atoms with van der Waals surface area (Å²) in [6.45, 7) is 0. The second-order valence-corrected chi connectivity index (χ2v) is 1.85. The van der Waals surface area contributed by atoms with Crippen LogP contribution in [0.3, 0.4) is 0 Å². The first kappa shape index (κ1) is 7.83. The summed E-state index contributed by atoms with van der Waals surface area (Å²) in [5.74, 6) is 0.272. The van der Waals surface area contributed by atoms with E-state index in [0.29, 0.717) is 0 Å². The summed E-state index contributed by atoms with van der Waals surface area (Å²) >= 11 is 15.7. The van der Waals surface area contributed by atoms with Crippen molar-refractivity contribution in [1.82, 2.24) is 0 Å². The van der Waals surface area contributed by atoms with Gasteiger partial charge in [-0.3, -0.25) is 0 Å². The van der Waals surface area contributed by atoms with Gasteiger partial charge in [0.1, 0.15) is 11.6 Å². The van der Waals surface area contributed by atoms with E-state index in [1.54, 1.807) is 0 Å². The largest absolute Gasteiger partial charge is 0.346 e. The number of hydrogen-bond acceptors (Lipinski definition) is 1. The quantitative estimate of drug-likeness (QED) is 0.578. The van der Waals surface area contributed by atoms with Gasteiger partial charge in [-0.25, -0.2) is 0 Å². The van der Waals surface area contributed by atoms with E-state index in [9.17, 15) is 0 Å². The van der Waals surface area contributed by atoms with Gasteiger partial charge in [0.05, 0.1) is 5.88 Å². The zero-order chi connectivity index (χ0) is 5.70. The van der Waals surface area contributed by atoms with Crippen molar-refractivity contribution in [2.45, 2.75) is 5.56 Å². The average Bonchev–Trinajstić information content (AvgIpc) is 1.68. The Hall–Kier alpha value is 0.830. The molecule has 0 saturated heterocycles. The number of rotatable bonds is 3. The van der Waals surface area contributed by atoms with Crippen molar-refractivity contribution < 1.29 is 4.74 Å². The summed E-state index contributed by atoms with van der Waals surface area (Å²) in [5.41, 5.74) is -0.445. The highest BCUT2D eigenvalue weighted by Gasteiger charge is 1.97. The molecule has 0 aromatic heterocycles. The molecule has 0 N–H and O–H groups in total. The molecule has 0 aliphatic carbocycles. The lowest BCUT2D eigenvalue weighted by molar-refractivity contribution is 0.165. The van der Waals surface area contributed by atoms with Gasteiger partial charge in [-0.05, 0) is 0 Å².